The molecular weight excluding hydrogens is 351 g/mol. The molecule has 0 atom stereocenters. The van der Waals surface area contributed by atoms with Crippen LogP contribution in [0, 0.1) is 5.92 Å². The van der Waals surface area contributed by atoms with Crippen LogP contribution in [-0.4, -0.2) is 36.6 Å². The van der Waals surface area contributed by atoms with Crippen LogP contribution in [0.3, 0.4) is 0 Å². The van der Waals surface area contributed by atoms with Gasteiger partial charge in [-0.05, 0) is 18.9 Å². The van der Waals surface area contributed by atoms with Crippen molar-refractivity contribution in [1.82, 2.24) is 4.98 Å². The molecule has 0 spiro atoms. The monoisotopic (exact) mass is 365 g/mol. The van der Waals surface area contributed by atoms with E-state index in [0.29, 0.717) is 25.9 Å². The number of alkyl halides is 3. The number of amides is 1. The van der Waals surface area contributed by atoms with Crippen molar-refractivity contribution in [3.63, 3.8) is 0 Å². The van der Waals surface area contributed by atoms with E-state index in [4.69, 9.17) is 22.1 Å². The number of pyridine rings is 1. The molecule has 132 valence electrons. The highest BCUT2D eigenvalue weighted by molar-refractivity contribution is 6.33. The second-order valence-electron chi connectivity index (χ2n) is 5.36. The molecule has 1 aliphatic heterocycles. The maximum atomic E-state index is 12.6. The van der Waals surface area contributed by atoms with E-state index in [-0.39, 0.29) is 10.8 Å². The average Bonchev–Trinajstić information content (AvgIpc) is 2.52. The summed E-state index contributed by atoms with van der Waals surface area (Å²) < 4.78 is 42.6. The number of primary amides is 1. The number of carbonyl (C=O) groups excluding carboxylic acids is 2. The van der Waals surface area contributed by atoms with Crippen LogP contribution < -0.4 is 10.6 Å². The molecule has 0 aliphatic carbocycles. The number of ether oxygens (including phenoxy) is 1. The number of nitrogens with zero attached hydrogens (tertiary/aromatic N) is 2. The normalized spacial score (nSPS) is 16.1. The predicted molar refractivity (Wildman–Crippen MR) is 79.3 cm³/mol. The highest BCUT2D eigenvalue weighted by Crippen LogP contribution is 2.34. The summed E-state index contributed by atoms with van der Waals surface area (Å²) in [5, 5.41) is -0.0976. The van der Waals surface area contributed by atoms with Gasteiger partial charge >= 0.3 is 12.1 Å². The number of anilines is 1. The topological polar surface area (TPSA) is 85.5 Å². The van der Waals surface area contributed by atoms with E-state index in [1.165, 1.54) is 0 Å². The Kier molecular flexibility index (Phi) is 5.53. The molecule has 2 N–H and O–H groups in total. The Labute approximate surface area is 140 Å². The molecule has 0 saturated carbocycles. The number of nitrogens with two attached hydrogens (primary N) is 1. The standard InChI is InChI=1S/C14H15ClF3N3O3/c15-10-5-9(14(16,17)18)6-20-12(10)21-3-1-8(2-4-21)13(23)24-7-11(19)22/h5-6,8H,1-4,7H2,(H2,19,22). The van der Waals surface area contributed by atoms with Crippen molar-refractivity contribution in [2.75, 3.05) is 24.6 Å². The Hall–Kier alpha value is -2.03. The van der Waals surface area contributed by atoms with Gasteiger partial charge in [-0.3, -0.25) is 9.59 Å². The summed E-state index contributed by atoms with van der Waals surface area (Å²) in [5.74, 6) is -1.40. The third-order valence-corrected chi connectivity index (χ3v) is 3.91. The number of piperidine rings is 1. The first kappa shape index (κ1) is 18.3. The zero-order valence-corrected chi connectivity index (χ0v) is 13.2. The summed E-state index contributed by atoms with van der Waals surface area (Å²) in [4.78, 5) is 27.8. The van der Waals surface area contributed by atoms with Crippen LogP contribution in [0.5, 0.6) is 0 Å². The zero-order valence-electron chi connectivity index (χ0n) is 12.5. The number of esters is 1. The van der Waals surface area contributed by atoms with Crippen molar-refractivity contribution in [2.45, 2.75) is 19.0 Å². The number of aromatic nitrogens is 1. The fraction of sp³-hybridized carbons (Fsp3) is 0.500. The number of rotatable bonds is 4. The number of hydrogen-bond acceptors (Lipinski definition) is 5. The minimum absolute atomic E-state index is 0.0976. The van der Waals surface area contributed by atoms with Gasteiger partial charge in [-0.1, -0.05) is 11.6 Å². The molecule has 24 heavy (non-hydrogen) atoms. The number of carbonyl (C=O) groups is 2. The molecule has 0 bridgehead atoms. The van der Waals surface area contributed by atoms with Crippen LogP contribution in [0.15, 0.2) is 12.3 Å². The lowest BCUT2D eigenvalue weighted by molar-refractivity contribution is -0.152. The van der Waals surface area contributed by atoms with Crippen LogP contribution >= 0.6 is 11.6 Å². The maximum Gasteiger partial charge on any atom is 0.417 e. The van der Waals surface area contributed by atoms with Gasteiger partial charge < -0.3 is 15.4 Å². The number of halogens is 4. The lowest BCUT2D eigenvalue weighted by Crippen LogP contribution is -2.38. The Morgan fingerprint density at radius 3 is 2.50 bits per heavy atom. The van der Waals surface area contributed by atoms with E-state index in [1.54, 1.807) is 4.90 Å². The van der Waals surface area contributed by atoms with Gasteiger partial charge in [0.05, 0.1) is 16.5 Å². The van der Waals surface area contributed by atoms with E-state index in [2.05, 4.69) is 4.98 Å². The molecular formula is C14H15ClF3N3O3. The van der Waals surface area contributed by atoms with Crippen LogP contribution in [0.4, 0.5) is 19.0 Å². The minimum atomic E-state index is -4.51. The Morgan fingerprint density at radius 2 is 2.00 bits per heavy atom. The van der Waals surface area contributed by atoms with Gasteiger partial charge in [0.25, 0.3) is 5.91 Å². The van der Waals surface area contributed by atoms with Gasteiger partial charge in [0.2, 0.25) is 0 Å². The summed E-state index contributed by atoms with van der Waals surface area (Å²) >= 11 is 5.91. The highest BCUT2D eigenvalue weighted by Gasteiger charge is 2.33. The summed E-state index contributed by atoms with van der Waals surface area (Å²) in [7, 11) is 0. The lowest BCUT2D eigenvalue weighted by Gasteiger charge is -2.32. The molecule has 0 radical (unpaired) electrons. The Morgan fingerprint density at radius 1 is 1.38 bits per heavy atom. The first-order valence-electron chi connectivity index (χ1n) is 7.11. The SMILES string of the molecule is NC(=O)COC(=O)C1CCN(c2ncc(C(F)(F)F)cc2Cl)CC1. The molecule has 2 heterocycles. The summed E-state index contributed by atoms with van der Waals surface area (Å²) in [6.45, 7) is 0.300. The molecule has 1 aliphatic rings. The summed E-state index contributed by atoms with van der Waals surface area (Å²) in [5.41, 5.74) is 3.98. The van der Waals surface area contributed by atoms with E-state index >= 15 is 0 Å². The number of hydrogen-bond donors (Lipinski definition) is 1. The summed E-state index contributed by atoms with van der Waals surface area (Å²) in [6, 6.07) is 0.830. The molecule has 10 heteroatoms. The molecule has 0 unspecified atom stereocenters. The Balaban J connectivity index is 1.97. The van der Waals surface area contributed by atoms with E-state index < -0.39 is 36.1 Å². The van der Waals surface area contributed by atoms with Gasteiger partial charge in [-0.15, -0.1) is 0 Å². The van der Waals surface area contributed by atoms with E-state index in [9.17, 15) is 22.8 Å². The summed E-state index contributed by atoms with van der Waals surface area (Å²) in [6.07, 6.45) is -2.95. The first-order chi connectivity index (χ1) is 11.2. The molecule has 1 fully saturated rings. The maximum absolute atomic E-state index is 12.6. The van der Waals surface area contributed by atoms with Crippen molar-refractivity contribution in [3.05, 3.63) is 22.8 Å². The van der Waals surface area contributed by atoms with Crippen LogP contribution in [-0.2, 0) is 20.5 Å². The van der Waals surface area contributed by atoms with Gasteiger partial charge in [-0.2, -0.15) is 13.2 Å². The fourth-order valence-corrected chi connectivity index (χ4v) is 2.69. The third-order valence-electron chi connectivity index (χ3n) is 3.63. The third kappa shape index (κ3) is 4.50. The molecule has 1 aromatic rings. The second-order valence-corrected chi connectivity index (χ2v) is 5.77. The average molecular weight is 366 g/mol. The molecule has 1 aromatic heterocycles. The molecule has 1 saturated heterocycles. The second kappa shape index (κ2) is 7.25. The van der Waals surface area contributed by atoms with Crippen LogP contribution in [0.2, 0.25) is 5.02 Å². The quantitative estimate of drug-likeness (QED) is 0.825. The van der Waals surface area contributed by atoms with E-state index in [1.807, 2.05) is 0 Å². The largest absolute Gasteiger partial charge is 0.455 e. The van der Waals surface area contributed by atoms with Crippen molar-refractivity contribution in [2.24, 2.45) is 11.7 Å². The lowest BCUT2D eigenvalue weighted by atomic mass is 9.97. The van der Waals surface area contributed by atoms with E-state index in [0.717, 1.165) is 12.3 Å². The molecule has 0 aromatic carbocycles. The van der Waals surface area contributed by atoms with Crippen LogP contribution in [0.25, 0.3) is 0 Å². The van der Waals surface area contributed by atoms with Gasteiger partial charge in [0.1, 0.15) is 5.82 Å². The molecule has 6 nitrogen and oxygen atoms in total. The van der Waals surface area contributed by atoms with Crippen molar-refractivity contribution < 1.29 is 27.5 Å². The predicted octanol–water partition coefficient (Wildman–Crippen LogP) is 2.00. The van der Waals surface area contributed by atoms with Gasteiger partial charge in [0.15, 0.2) is 6.61 Å². The smallest absolute Gasteiger partial charge is 0.417 e. The highest BCUT2D eigenvalue weighted by atomic mass is 35.5. The fourth-order valence-electron chi connectivity index (χ4n) is 2.41. The van der Waals surface area contributed by atoms with Crippen molar-refractivity contribution in [3.8, 4) is 0 Å². The van der Waals surface area contributed by atoms with Crippen molar-refractivity contribution in [1.29, 1.82) is 0 Å². The Bertz CT molecular complexity index is 631. The van der Waals surface area contributed by atoms with Crippen molar-refractivity contribution >= 4 is 29.3 Å². The van der Waals surface area contributed by atoms with Crippen LogP contribution in [0.1, 0.15) is 18.4 Å². The van der Waals surface area contributed by atoms with Gasteiger partial charge in [0, 0.05) is 19.3 Å². The zero-order chi connectivity index (χ0) is 17.9. The molecule has 1 amide bonds. The first-order valence-corrected chi connectivity index (χ1v) is 7.49. The minimum Gasteiger partial charge on any atom is -0.455 e. The molecule has 2 rings (SSSR count). The van der Waals surface area contributed by atoms with Gasteiger partial charge in [-0.25, -0.2) is 4.98 Å².